The summed E-state index contributed by atoms with van der Waals surface area (Å²) in [5.41, 5.74) is 1.16. The fourth-order valence-corrected chi connectivity index (χ4v) is 2.98. The Bertz CT molecular complexity index is 548. The van der Waals surface area contributed by atoms with E-state index in [0.29, 0.717) is 12.6 Å². The van der Waals surface area contributed by atoms with E-state index >= 15 is 0 Å². The van der Waals surface area contributed by atoms with Gasteiger partial charge in [0.2, 0.25) is 5.91 Å². The second-order valence-corrected chi connectivity index (χ2v) is 6.91. The Balaban J connectivity index is 0.00000312. The SMILES string of the molecule is CC1CCCC(NC(=NCc2ccccc2)NCC(=O)N(C)C)C1.I. The maximum Gasteiger partial charge on any atom is 0.241 e. The van der Waals surface area contributed by atoms with Crippen molar-refractivity contribution in [2.45, 2.75) is 45.2 Å². The number of guanidine groups is 1. The van der Waals surface area contributed by atoms with Gasteiger partial charge in [0.15, 0.2) is 5.96 Å². The number of carbonyl (C=O) groups excluding carboxylic acids is 1. The lowest BCUT2D eigenvalue weighted by molar-refractivity contribution is -0.127. The van der Waals surface area contributed by atoms with E-state index in [1.54, 1.807) is 19.0 Å². The molecule has 1 aliphatic carbocycles. The quantitative estimate of drug-likeness (QED) is 0.405. The number of aliphatic imine (C=N–C) groups is 1. The lowest BCUT2D eigenvalue weighted by Crippen LogP contribution is -2.47. The molecule has 0 radical (unpaired) electrons. The average molecular weight is 458 g/mol. The van der Waals surface area contributed by atoms with Crippen LogP contribution in [0, 0.1) is 5.92 Å². The smallest absolute Gasteiger partial charge is 0.241 e. The van der Waals surface area contributed by atoms with Gasteiger partial charge in [-0.2, -0.15) is 0 Å². The first kappa shape index (κ1) is 21.7. The highest BCUT2D eigenvalue weighted by Gasteiger charge is 2.20. The summed E-state index contributed by atoms with van der Waals surface area (Å²) in [4.78, 5) is 18.1. The second-order valence-electron chi connectivity index (χ2n) is 6.91. The molecule has 140 valence electrons. The van der Waals surface area contributed by atoms with Crippen molar-refractivity contribution >= 4 is 35.8 Å². The third-order valence-electron chi connectivity index (χ3n) is 4.45. The van der Waals surface area contributed by atoms with Crippen LogP contribution in [0.1, 0.15) is 38.2 Å². The molecule has 1 amide bonds. The van der Waals surface area contributed by atoms with Crippen LogP contribution in [-0.4, -0.2) is 43.4 Å². The van der Waals surface area contributed by atoms with E-state index in [4.69, 9.17) is 0 Å². The minimum absolute atomic E-state index is 0. The molecular weight excluding hydrogens is 427 g/mol. The molecule has 0 bridgehead atoms. The molecular formula is C19H31IN4O. The molecule has 1 aromatic carbocycles. The minimum atomic E-state index is 0. The third kappa shape index (κ3) is 8.07. The van der Waals surface area contributed by atoms with Crippen LogP contribution in [0.4, 0.5) is 0 Å². The van der Waals surface area contributed by atoms with Crippen molar-refractivity contribution < 1.29 is 4.79 Å². The van der Waals surface area contributed by atoms with Gasteiger partial charge >= 0.3 is 0 Å². The van der Waals surface area contributed by atoms with Gasteiger partial charge < -0.3 is 15.5 Å². The molecule has 0 heterocycles. The molecule has 25 heavy (non-hydrogen) atoms. The maximum atomic E-state index is 11.8. The number of likely N-dealkylation sites (N-methyl/N-ethyl adjacent to an activating group) is 1. The molecule has 1 aromatic rings. The van der Waals surface area contributed by atoms with E-state index in [2.05, 4.69) is 34.7 Å². The Labute approximate surface area is 168 Å². The van der Waals surface area contributed by atoms with Crippen molar-refractivity contribution in [3.05, 3.63) is 35.9 Å². The number of nitrogens with zero attached hydrogens (tertiary/aromatic N) is 2. The Morgan fingerprint density at radius 1 is 1.24 bits per heavy atom. The molecule has 1 aliphatic rings. The Hall–Kier alpha value is -1.31. The molecule has 2 N–H and O–H groups in total. The van der Waals surface area contributed by atoms with E-state index < -0.39 is 0 Å². The van der Waals surface area contributed by atoms with Crippen LogP contribution >= 0.6 is 24.0 Å². The first-order valence-electron chi connectivity index (χ1n) is 8.83. The topological polar surface area (TPSA) is 56.7 Å². The summed E-state index contributed by atoms with van der Waals surface area (Å²) in [6.07, 6.45) is 4.88. The van der Waals surface area contributed by atoms with Gasteiger partial charge in [-0.15, -0.1) is 24.0 Å². The normalized spacial score (nSPS) is 20.4. The average Bonchev–Trinajstić information content (AvgIpc) is 2.58. The maximum absolute atomic E-state index is 11.8. The van der Waals surface area contributed by atoms with E-state index in [9.17, 15) is 4.79 Å². The first-order chi connectivity index (χ1) is 11.5. The van der Waals surface area contributed by atoms with Crippen LogP contribution in [0.5, 0.6) is 0 Å². The van der Waals surface area contributed by atoms with Gasteiger partial charge in [0.05, 0.1) is 13.1 Å². The first-order valence-corrected chi connectivity index (χ1v) is 8.83. The molecule has 0 spiro atoms. The van der Waals surface area contributed by atoms with Gasteiger partial charge in [-0.3, -0.25) is 4.79 Å². The molecule has 1 fully saturated rings. The predicted octanol–water partition coefficient (Wildman–Crippen LogP) is 3.01. The third-order valence-corrected chi connectivity index (χ3v) is 4.45. The summed E-state index contributed by atoms with van der Waals surface area (Å²) >= 11 is 0. The number of halogens is 1. The lowest BCUT2D eigenvalue weighted by atomic mass is 9.87. The summed E-state index contributed by atoms with van der Waals surface area (Å²) in [6.45, 7) is 3.17. The Kier molecular flexibility index (Phi) is 9.85. The zero-order valence-corrected chi connectivity index (χ0v) is 17.8. The zero-order valence-electron chi connectivity index (χ0n) is 15.5. The summed E-state index contributed by atoms with van der Waals surface area (Å²) in [6, 6.07) is 10.6. The van der Waals surface area contributed by atoms with E-state index in [0.717, 1.165) is 30.3 Å². The molecule has 2 unspecified atom stereocenters. The molecule has 0 aromatic heterocycles. The molecule has 6 heteroatoms. The lowest BCUT2D eigenvalue weighted by Gasteiger charge is -2.29. The van der Waals surface area contributed by atoms with Crippen LogP contribution in [0.15, 0.2) is 35.3 Å². The van der Waals surface area contributed by atoms with Crippen molar-refractivity contribution in [3.8, 4) is 0 Å². The van der Waals surface area contributed by atoms with Crippen LogP contribution in [0.3, 0.4) is 0 Å². The number of rotatable bonds is 5. The van der Waals surface area contributed by atoms with Crippen LogP contribution in [0.25, 0.3) is 0 Å². The minimum Gasteiger partial charge on any atom is -0.354 e. The molecule has 1 saturated carbocycles. The summed E-state index contributed by atoms with van der Waals surface area (Å²) in [5, 5.41) is 6.70. The van der Waals surface area contributed by atoms with Crippen molar-refractivity contribution in [3.63, 3.8) is 0 Å². The Morgan fingerprint density at radius 2 is 1.96 bits per heavy atom. The highest BCUT2D eigenvalue weighted by molar-refractivity contribution is 14.0. The number of benzene rings is 1. The largest absolute Gasteiger partial charge is 0.354 e. The van der Waals surface area contributed by atoms with Crippen molar-refractivity contribution in [2.24, 2.45) is 10.9 Å². The monoisotopic (exact) mass is 458 g/mol. The van der Waals surface area contributed by atoms with Crippen molar-refractivity contribution in [1.82, 2.24) is 15.5 Å². The summed E-state index contributed by atoms with van der Waals surface area (Å²) < 4.78 is 0. The van der Waals surface area contributed by atoms with Gasteiger partial charge in [-0.25, -0.2) is 4.99 Å². The van der Waals surface area contributed by atoms with Gasteiger partial charge in [-0.1, -0.05) is 50.1 Å². The highest BCUT2D eigenvalue weighted by Crippen LogP contribution is 2.23. The standard InChI is InChI=1S/C19H30N4O.HI/c1-15-8-7-11-17(12-15)22-19(21-14-18(24)23(2)3)20-13-16-9-5-4-6-10-16;/h4-6,9-10,15,17H,7-8,11-14H2,1-3H3,(H2,20,21,22);1H. The molecule has 0 aliphatic heterocycles. The van der Waals surface area contributed by atoms with Gasteiger partial charge in [-0.05, 0) is 24.3 Å². The summed E-state index contributed by atoms with van der Waals surface area (Å²) in [7, 11) is 3.53. The molecule has 0 saturated heterocycles. The van der Waals surface area contributed by atoms with Gasteiger partial charge in [0.25, 0.3) is 0 Å². The van der Waals surface area contributed by atoms with Gasteiger partial charge in [0.1, 0.15) is 0 Å². The fourth-order valence-electron chi connectivity index (χ4n) is 2.98. The van der Waals surface area contributed by atoms with Crippen molar-refractivity contribution in [2.75, 3.05) is 20.6 Å². The number of carbonyl (C=O) groups is 1. The van der Waals surface area contributed by atoms with Crippen molar-refractivity contribution in [1.29, 1.82) is 0 Å². The highest BCUT2D eigenvalue weighted by atomic mass is 127. The van der Waals surface area contributed by atoms with E-state index in [-0.39, 0.29) is 36.4 Å². The van der Waals surface area contributed by atoms with E-state index in [1.165, 1.54) is 12.8 Å². The number of hydrogen-bond acceptors (Lipinski definition) is 2. The molecule has 5 nitrogen and oxygen atoms in total. The molecule has 2 rings (SSSR count). The second kappa shape index (κ2) is 11.3. The van der Waals surface area contributed by atoms with E-state index in [1.807, 2.05) is 18.2 Å². The van der Waals surface area contributed by atoms with Crippen LogP contribution in [-0.2, 0) is 11.3 Å². The number of hydrogen-bond donors (Lipinski definition) is 2. The molecule has 2 atom stereocenters. The van der Waals surface area contributed by atoms with Gasteiger partial charge in [0, 0.05) is 20.1 Å². The number of amides is 1. The fraction of sp³-hybridized carbons (Fsp3) is 0.579. The predicted molar refractivity (Wildman–Crippen MR) is 114 cm³/mol. The number of nitrogens with one attached hydrogen (secondary N) is 2. The van der Waals surface area contributed by atoms with Crippen LogP contribution < -0.4 is 10.6 Å². The summed E-state index contributed by atoms with van der Waals surface area (Å²) in [5.74, 6) is 1.52. The zero-order chi connectivity index (χ0) is 17.4. The van der Waals surface area contributed by atoms with Crippen LogP contribution in [0.2, 0.25) is 0 Å². The Morgan fingerprint density at radius 3 is 2.60 bits per heavy atom.